The van der Waals surface area contributed by atoms with Gasteiger partial charge in [0.15, 0.2) is 24.0 Å². The molecule has 1 aliphatic carbocycles. The Morgan fingerprint density at radius 3 is 2.21 bits per heavy atom. The molecule has 0 aliphatic heterocycles. The monoisotopic (exact) mass is 500 g/mol. The highest BCUT2D eigenvalue weighted by Crippen LogP contribution is 2.37. The highest BCUT2D eigenvalue weighted by Gasteiger charge is 2.33. The number of nitrogens with two attached hydrogens (primary N) is 1. The summed E-state index contributed by atoms with van der Waals surface area (Å²) >= 11 is 3.46. The van der Waals surface area contributed by atoms with Gasteiger partial charge in [-0.1, -0.05) is 53.2 Å². The molecule has 3 aromatic rings. The summed E-state index contributed by atoms with van der Waals surface area (Å²) in [5.41, 5.74) is 9.50. The largest absolute Gasteiger partial charge is 1.00 e. The minimum absolute atomic E-state index is 0. The van der Waals surface area contributed by atoms with Crippen molar-refractivity contribution in [1.29, 1.82) is 0 Å². The Labute approximate surface area is 182 Å². The highest BCUT2D eigenvalue weighted by molar-refractivity contribution is 9.10. The molecule has 0 saturated carbocycles. The predicted octanol–water partition coefficient (Wildman–Crippen LogP) is 1.05. The number of carbonyl (C=O) groups is 2. The smallest absolute Gasteiger partial charge is 0.209 e. The molecule has 0 amide bonds. The van der Waals surface area contributed by atoms with Gasteiger partial charge in [-0.25, -0.2) is 0 Å². The summed E-state index contributed by atoms with van der Waals surface area (Å²) in [7, 11) is 0. The van der Waals surface area contributed by atoms with Crippen LogP contribution < -0.4 is 27.3 Å². The van der Waals surface area contributed by atoms with Gasteiger partial charge in [0.05, 0.1) is 0 Å². The van der Waals surface area contributed by atoms with Crippen LogP contribution in [0.15, 0.2) is 65.4 Å². The Kier molecular flexibility index (Phi) is 5.93. The maximum absolute atomic E-state index is 13.3. The molecule has 0 bridgehead atoms. The van der Waals surface area contributed by atoms with Gasteiger partial charge in [0, 0.05) is 44.8 Å². The average Bonchev–Trinajstić information content (AvgIpc) is 2.71. The van der Waals surface area contributed by atoms with Crippen molar-refractivity contribution in [2.45, 2.75) is 19.5 Å². The number of fused-ring (bicyclic) bond motifs is 2. The van der Waals surface area contributed by atoms with Crippen LogP contribution in [0.5, 0.6) is 0 Å². The van der Waals surface area contributed by atoms with Crippen molar-refractivity contribution < 1.29 is 31.1 Å². The molecule has 6 heteroatoms. The number of hydrogen-bond donors (Lipinski definition) is 1. The van der Waals surface area contributed by atoms with Gasteiger partial charge >= 0.3 is 0 Å². The topological polar surface area (TPSA) is 64.0 Å². The van der Waals surface area contributed by atoms with E-state index >= 15 is 0 Å². The Balaban J connectivity index is 0.00000225. The standard InChI is InChI=1S/C22H18BrN2O2.BrH/c1-2-18(24)25-11-5-6-13(12-25)14-9-10-17(23)20-19(14)21(26)15-7-3-4-8-16(15)22(20)27;/h3-12,18H,2,24H2,1H3;1H/q+1;/p-1. The maximum atomic E-state index is 13.3. The second-order valence-corrected chi connectivity index (χ2v) is 7.42. The van der Waals surface area contributed by atoms with E-state index in [2.05, 4.69) is 15.9 Å². The normalized spacial score (nSPS) is 13.4. The molecule has 1 unspecified atom stereocenters. The lowest BCUT2D eigenvalue weighted by Crippen LogP contribution is -3.00. The average molecular weight is 502 g/mol. The minimum atomic E-state index is -0.144. The molecular formula is C22H18Br2N2O2. The van der Waals surface area contributed by atoms with Crippen LogP contribution in [0.2, 0.25) is 0 Å². The van der Waals surface area contributed by atoms with Crippen molar-refractivity contribution in [3.8, 4) is 11.1 Å². The first-order valence-corrected chi connectivity index (χ1v) is 9.60. The van der Waals surface area contributed by atoms with E-state index in [4.69, 9.17) is 5.73 Å². The lowest BCUT2D eigenvalue weighted by atomic mass is 9.80. The third-order valence-corrected chi connectivity index (χ3v) is 5.62. The van der Waals surface area contributed by atoms with Crippen LogP contribution in [0.3, 0.4) is 0 Å². The van der Waals surface area contributed by atoms with Crippen molar-refractivity contribution in [2.24, 2.45) is 5.73 Å². The molecule has 2 aromatic carbocycles. The minimum Gasteiger partial charge on any atom is -1.00 e. The third-order valence-electron chi connectivity index (χ3n) is 4.96. The Bertz CT molecular complexity index is 1100. The summed E-state index contributed by atoms with van der Waals surface area (Å²) in [5, 5.41) is 0. The SMILES string of the molecule is CCC(N)[n+]1cccc(-c2ccc(Br)c3c2C(=O)c2ccccc2C3=O)c1.[Br-]. The zero-order valence-corrected chi connectivity index (χ0v) is 18.3. The van der Waals surface area contributed by atoms with Crippen LogP contribution in [-0.2, 0) is 0 Å². The van der Waals surface area contributed by atoms with Gasteiger partial charge in [-0.15, -0.1) is 0 Å². The van der Waals surface area contributed by atoms with Crippen molar-refractivity contribution in [3.05, 3.63) is 87.7 Å². The van der Waals surface area contributed by atoms with Crippen molar-refractivity contribution in [3.63, 3.8) is 0 Å². The first-order valence-electron chi connectivity index (χ1n) is 8.80. The zero-order chi connectivity index (χ0) is 19.1. The van der Waals surface area contributed by atoms with Gasteiger partial charge in [-0.05, 0) is 17.7 Å². The quantitative estimate of drug-likeness (QED) is 0.427. The second kappa shape index (κ2) is 8.07. The number of halogens is 2. The van der Waals surface area contributed by atoms with E-state index in [1.54, 1.807) is 24.3 Å². The molecule has 4 rings (SSSR count). The van der Waals surface area contributed by atoms with E-state index in [1.807, 2.05) is 48.1 Å². The molecule has 1 aliphatic rings. The molecule has 28 heavy (non-hydrogen) atoms. The fourth-order valence-corrected chi connectivity index (χ4v) is 4.00. The van der Waals surface area contributed by atoms with Gasteiger partial charge in [0.25, 0.3) is 0 Å². The molecule has 4 nitrogen and oxygen atoms in total. The van der Waals surface area contributed by atoms with Gasteiger partial charge < -0.3 is 17.0 Å². The molecule has 1 atom stereocenters. The van der Waals surface area contributed by atoms with Crippen LogP contribution >= 0.6 is 15.9 Å². The fourth-order valence-electron chi connectivity index (χ4n) is 3.49. The summed E-state index contributed by atoms with van der Waals surface area (Å²) < 4.78 is 2.55. The van der Waals surface area contributed by atoms with Crippen molar-refractivity contribution >= 4 is 27.5 Å². The number of rotatable bonds is 3. The van der Waals surface area contributed by atoms with Crippen LogP contribution in [-0.4, -0.2) is 11.6 Å². The number of benzene rings is 2. The summed E-state index contributed by atoms with van der Waals surface area (Å²) in [4.78, 5) is 26.3. The highest BCUT2D eigenvalue weighted by atomic mass is 79.9. The van der Waals surface area contributed by atoms with Crippen LogP contribution in [0, 0.1) is 0 Å². The molecule has 0 fully saturated rings. The van der Waals surface area contributed by atoms with Gasteiger partial charge in [-0.2, -0.15) is 4.57 Å². The van der Waals surface area contributed by atoms with Crippen LogP contribution in [0.4, 0.5) is 0 Å². The van der Waals surface area contributed by atoms with Crippen LogP contribution in [0.25, 0.3) is 11.1 Å². The molecule has 142 valence electrons. The summed E-state index contributed by atoms with van der Waals surface area (Å²) in [5.74, 6) is -0.269. The van der Waals surface area contributed by atoms with Gasteiger partial charge in [0.2, 0.25) is 6.17 Å². The fraction of sp³-hybridized carbons (Fsp3) is 0.136. The Morgan fingerprint density at radius 2 is 1.57 bits per heavy atom. The van der Waals surface area contributed by atoms with Gasteiger partial charge in [0.1, 0.15) is 0 Å². The lowest BCUT2D eigenvalue weighted by Gasteiger charge is -2.21. The number of ketones is 2. The molecule has 0 saturated heterocycles. The molecule has 1 aromatic heterocycles. The third kappa shape index (κ3) is 3.26. The van der Waals surface area contributed by atoms with E-state index in [0.717, 1.165) is 17.5 Å². The van der Waals surface area contributed by atoms with E-state index in [-0.39, 0.29) is 34.7 Å². The maximum Gasteiger partial charge on any atom is 0.209 e. The first-order chi connectivity index (χ1) is 13.0. The predicted molar refractivity (Wildman–Crippen MR) is 107 cm³/mol. The number of aromatic nitrogens is 1. The number of hydrogen-bond acceptors (Lipinski definition) is 3. The Hall–Kier alpha value is -2.15. The van der Waals surface area contributed by atoms with Crippen molar-refractivity contribution in [1.82, 2.24) is 0 Å². The zero-order valence-electron chi connectivity index (χ0n) is 15.2. The molecule has 0 spiro atoms. The van der Waals surface area contributed by atoms with Crippen molar-refractivity contribution in [2.75, 3.05) is 0 Å². The first kappa shape index (κ1) is 20.6. The van der Waals surface area contributed by atoms with Gasteiger partial charge in [-0.3, -0.25) is 15.3 Å². The summed E-state index contributed by atoms with van der Waals surface area (Å²) in [6.07, 6.45) is 4.48. The number of nitrogens with zero attached hydrogens (tertiary/aromatic N) is 1. The number of carbonyl (C=O) groups excluding carboxylic acids is 2. The van der Waals surface area contributed by atoms with E-state index in [9.17, 15) is 9.59 Å². The number of pyridine rings is 1. The van der Waals surface area contributed by atoms with E-state index < -0.39 is 0 Å². The van der Waals surface area contributed by atoms with E-state index in [0.29, 0.717) is 26.7 Å². The molecular weight excluding hydrogens is 484 g/mol. The molecule has 1 heterocycles. The second-order valence-electron chi connectivity index (χ2n) is 6.56. The lowest BCUT2D eigenvalue weighted by molar-refractivity contribution is -0.722. The summed E-state index contributed by atoms with van der Waals surface area (Å²) in [6, 6.07) is 14.5. The van der Waals surface area contributed by atoms with Crippen LogP contribution in [0.1, 0.15) is 51.4 Å². The molecule has 2 N–H and O–H groups in total. The molecule has 0 radical (unpaired) electrons. The summed E-state index contributed by atoms with van der Waals surface area (Å²) in [6.45, 7) is 2.02. The Morgan fingerprint density at radius 1 is 0.929 bits per heavy atom. The van der Waals surface area contributed by atoms with E-state index in [1.165, 1.54) is 0 Å².